The molecule has 2 heteroatoms. The fourth-order valence-corrected chi connectivity index (χ4v) is 0.846. The van der Waals surface area contributed by atoms with Crippen LogP contribution in [0.1, 0.15) is 20.8 Å². The molecule has 2 nitrogen and oxygen atoms in total. The molecule has 1 aliphatic rings. The van der Waals surface area contributed by atoms with Gasteiger partial charge in [0.2, 0.25) is 0 Å². The maximum Gasteiger partial charge on any atom is 0.106 e. The molecule has 0 fully saturated rings. The van der Waals surface area contributed by atoms with E-state index in [2.05, 4.69) is 37.7 Å². The molecule has 0 spiro atoms. The Morgan fingerprint density at radius 3 is 2.30 bits per heavy atom. The molecule has 0 saturated heterocycles. The first-order valence-electron chi connectivity index (χ1n) is 3.50. The lowest BCUT2D eigenvalue weighted by Gasteiger charge is -2.18. The molecule has 1 heterocycles. The summed E-state index contributed by atoms with van der Waals surface area (Å²) in [5.74, 6) is 1.05. The van der Waals surface area contributed by atoms with Crippen LogP contribution in [0.15, 0.2) is 17.3 Å². The summed E-state index contributed by atoms with van der Waals surface area (Å²) in [6, 6.07) is 0. The van der Waals surface area contributed by atoms with Crippen molar-refractivity contribution in [2.45, 2.75) is 20.8 Å². The van der Waals surface area contributed by atoms with Gasteiger partial charge in [0, 0.05) is 11.1 Å². The van der Waals surface area contributed by atoms with Crippen molar-refractivity contribution in [3.8, 4) is 0 Å². The smallest absolute Gasteiger partial charge is 0.106 e. The molecular formula is C8H14N2. The lowest BCUT2D eigenvalue weighted by atomic mass is 9.95. The summed E-state index contributed by atoms with van der Waals surface area (Å²) in [6.07, 6.45) is 0. The highest BCUT2D eigenvalue weighted by molar-refractivity contribution is 5.90. The summed E-state index contributed by atoms with van der Waals surface area (Å²) < 4.78 is 0. The van der Waals surface area contributed by atoms with Crippen molar-refractivity contribution in [1.82, 2.24) is 5.32 Å². The van der Waals surface area contributed by atoms with Crippen LogP contribution in [0.5, 0.6) is 0 Å². The third-order valence-electron chi connectivity index (χ3n) is 1.43. The molecule has 0 amide bonds. The minimum Gasteiger partial charge on any atom is -0.346 e. The summed E-state index contributed by atoms with van der Waals surface area (Å²) in [5, 5.41) is 3.15. The highest BCUT2D eigenvalue weighted by atomic mass is 15.1. The van der Waals surface area contributed by atoms with Gasteiger partial charge in [-0.3, -0.25) is 4.99 Å². The second-order valence-electron chi connectivity index (χ2n) is 3.64. The summed E-state index contributed by atoms with van der Waals surface area (Å²) in [7, 11) is 0. The number of hydrogen-bond acceptors (Lipinski definition) is 2. The van der Waals surface area contributed by atoms with Crippen molar-refractivity contribution in [3.05, 3.63) is 12.3 Å². The quantitative estimate of drug-likeness (QED) is 0.539. The zero-order valence-corrected chi connectivity index (χ0v) is 6.86. The lowest BCUT2D eigenvalue weighted by molar-refractivity contribution is 0.578. The Bertz CT molecular complexity index is 184. The summed E-state index contributed by atoms with van der Waals surface area (Å²) in [5.41, 5.74) is 1.14. The number of aliphatic imine (C=N–C) groups is 1. The third-order valence-corrected chi connectivity index (χ3v) is 1.43. The van der Waals surface area contributed by atoms with Crippen molar-refractivity contribution < 1.29 is 0 Å². The van der Waals surface area contributed by atoms with Crippen LogP contribution in [0.25, 0.3) is 0 Å². The summed E-state index contributed by atoms with van der Waals surface area (Å²) >= 11 is 0. The number of hydrogen-bond donors (Lipinski definition) is 1. The molecule has 1 N–H and O–H groups in total. The molecule has 0 radical (unpaired) electrons. The Morgan fingerprint density at radius 2 is 2.10 bits per heavy atom. The van der Waals surface area contributed by atoms with E-state index in [1.807, 2.05) is 0 Å². The van der Waals surface area contributed by atoms with Gasteiger partial charge in [-0.2, -0.15) is 0 Å². The molecule has 1 rings (SSSR count). The average molecular weight is 138 g/mol. The maximum atomic E-state index is 4.29. The van der Waals surface area contributed by atoms with E-state index in [0.29, 0.717) is 0 Å². The van der Waals surface area contributed by atoms with Gasteiger partial charge in [-0.15, -0.1) is 0 Å². The second kappa shape index (κ2) is 2.11. The first kappa shape index (κ1) is 7.32. The molecule has 10 heavy (non-hydrogen) atoms. The standard InChI is InChI=1S/C8H14N2/c1-6-5-9-7(10-6)8(2,3)4/h1,5H2,2-4H3,(H,9,10). The third kappa shape index (κ3) is 1.38. The topological polar surface area (TPSA) is 24.4 Å². The van der Waals surface area contributed by atoms with Crippen molar-refractivity contribution in [2.24, 2.45) is 10.4 Å². The predicted octanol–water partition coefficient (Wildman–Crippen LogP) is 1.55. The van der Waals surface area contributed by atoms with Crippen molar-refractivity contribution >= 4 is 5.84 Å². The zero-order valence-electron chi connectivity index (χ0n) is 6.86. The van der Waals surface area contributed by atoms with Gasteiger partial charge in [-0.05, 0) is 0 Å². The minimum absolute atomic E-state index is 0.138. The van der Waals surface area contributed by atoms with E-state index >= 15 is 0 Å². The molecule has 1 aliphatic heterocycles. The predicted molar refractivity (Wildman–Crippen MR) is 44.0 cm³/mol. The second-order valence-corrected chi connectivity index (χ2v) is 3.64. The van der Waals surface area contributed by atoms with E-state index in [9.17, 15) is 0 Å². The van der Waals surface area contributed by atoms with E-state index in [-0.39, 0.29) is 5.41 Å². The Balaban J connectivity index is 2.69. The van der Waals surface area contributed by atoms with E-state index in [0.717, 1.165) is 18.1 Å². The lowest BCUT2D eigenvalue weighted by Crippen LogP contribution is -2.30. The van der Waals surface area contributed by atoms with E-state index in [4.69, 9.17) is 0 Å². The Hall–Kier alpha value is -0.790. The van der Waals surface area contributed by atoms with Crippen LogP contribution < -0.4 is 5.32 Å². The fourth-order valence-electron chi connectivity index (χ4n) is 0.846. The Labute approximate surface area is 62.0 Å². The van der Waals surface area contributed by atoms with Gasteiger partial charge < -0.3 is 5.32 Å². The molecule has 0 atom stereocenters. The molecule has 0 aromatic heterocycles. The Kier molecular flexibility index (Phi) is 1.55. The molecule has 0 aliphatic carbocycles. The molecule has 0 aromatic carbocycles. The normalized spacial score (nSPS) is 18.7. The number of nitrogens with one attached hydrogen (secondary N) is 1. The Morgan fingerprint density at radius 1 is 1.50 bits per heavy atom. The van der Waals surface area contributed by atoms with Crippen LogP contribution in [-0.2, 0) is 0 Å². The summed E-state index contributed by atoms with van der Waals surface area (Å²) in [4.78, 5) is 4.29. The van der Waals surface area contributed by atoms with Crippen LogP contribution in [-0.4, -0.2) is 12.4 Å². The highest BCUT2D eigenvalue weighted by Gasteiger charge is 2.22. The van der Waals surface area contributed by atoms with Gasteiger partial charge in [0.15, 0.2) is 0 Å². The van der Waals surface area contributed by atoms with Gasteiger partial charge in [0.25, 0.3) is 0 Å². The van der Waals surface area contributed by atoms with Crippen LogP contribution in [0.3, 0.4) is 0 Å². The minimum atomic E-state index is 0.138. The molecular weight excluding hydrogens is 124 g/mol. The van der Waals surface area contributed by atoms with Gasteiger partial charge in [-0.1, -0.05) is 27.4 Å². The van der Waals surface area contributed by atoms with E-state index in [1.165, 1.54) is 0 Å². The summed E-state index contributed by atoms with van der Waals surface area (Å²) in [6.45, 7) is 10.9. The molecule has 0 bridgehead atoms. The highest BCUT2D eigenvalue weighted by Crippen LogP contribution is 2.17. The monoisotopic (exact) mass is 138 g/mol. The van der Waals surface area contributed by atoms with E-state index in [1.54, 1.807) is 0 Å². The van der Waals surface area contributed by atoms with Crippen LogP contribution in [0, 0.1) is 5.41 Å². The SMILES string of the molecule is C=C1CN=C(C(C)(C)C)N1. The maximum absolute atomic E-state index is 4.29. The van der Waals surface area contributed by atoms with Gasteiger partial charge >= 0.3 is 0 Å². The first-order valence-corrected chi connectivity index (χ1v) is 3.50. The fraction of sp³-hybridized carbons (Fsp3) is 0.625. The van der Waals surface area contributed by atoms with Crippen LogP contribution in [0.2, 0.25) is 0 Å². The molecule has 0 saturated carbocycles. The van der Waals surface area contributed by atoms with Crippen LogP contribution in [0.4, 0.5) is 0 Å². The first-order chi connectivity index (χ1) is 4.50. The van der Waals surface area contributed by atoms with Crippen LogP contribution >= 0.6 is 0 Å². The van der Waals surface area contributed by atoms with Gasteiger partial charge in [-0.25, -0.2) is 0 Å². The largest absolute Gasteiger partial charge is 0.346 e. The van der Waals surface area contributed by atoms with Gasteiger partial charge in [0.1, 0.15) is 5.84 Å². The number of amidine groups is 1. The van der Waals surface area contributed by atoms with Crippen molar-refractivity contribution in [3.63, 3.8) is 0 Å². The number of rotatable bonds is 0. The molecule has 0 unspecified atom stereocenters. The van der Waals surface area contributed by atoms with E-state index < -0.39 is 0 Å². The van der Waals surface area contributed by atoms with Crippen molar-refractivity contribution in [1.29, 1.82) is 0 Å². The average Bonchev–Trinajstić information content (AvgIpc) is 2.11. The molecule has 56 valence electrons. The van der Waals surface area contributed by atoms with Crippen molar-refractivity contribution in [2.75, 3.05) is 6.54 Å². The number of nitrogens with zero attached hydrogens (tertiary/aromatic N) is 1. The molecule has 0 aromatic rings. The van der Waals surface area contributed by atoms with Gasteiger partial charge in [0.05, 0.1) is 6.54 Å². The zero-order chi connectivity index (χ0) is 7.78.